The molecule has 1 atom stereocenters. The summed E-state index contributed by atoms with van der Waals surface area (Å²) in [6, 6.07) is 13.0. The molecule has 1 N–H and O–H groups in total. The Balaban J connectivity index is 1.93. The lowest BCUT2D eigenvalue weighted by atomic mass is 10.1. The Morgan fingerprint density at radius 1 is 1.30 bits per heavy atom. The maximum absolute atomic E-state index is 6.19. The second-order valence-corrected chi connectivity index (χ2v) is 5.60. The van der Waals surface area contributed by atoms with Gasteiger partial charge in [-0.2, -0.15) is 0 Å². The Morgan fingerprint density at radius 2 is 2.15 bits per heavy atom. The second kappa shape index (κ2) is 5.81. The predicted molar refractivity (Wildman–Crippen MR) is 83.0 cm³/mol. The predicted octanol–water partition coefficient (Wildman–Crippen LogP) is 3.23. The summed E-state index contributed by atoms with van der Waals surface area (Å²) in [6.07, 6.45) is 1.73. The number of nitrogens with one attached hydrogen (secondary N) is 1. The molecule has 0 saturated carbocycles. The van der Waals surface area contributed by atoms with E-state index in [0.717, 1.165) is 25.2 Å². The van der Waals surface area contributed by atoms with Gasteiger partial charge in [-0.25, -0.2) is 4.98 Å². The number of hydrogen-bond donors (Lipinski definition) is 1. The Bertz CT molecular complexity index is 600. The van der Waals surface area contributed by atoms with E-state index in [2.05, 4.69) is 46.4 Å². The monoisotopic (exact) mass is 287 g/mol. The molecule has 4 heteroatoms. The zero-order chi connectivity index (χ0) is 13.9. The molecule has 1 aliphatic rings. The molecule has 2 heterocycles. The van der Waals surface area contributed by atoms with Crippen LogP contribution in [0.1, 0.15) is 18.1 Å². The molecular formula is C16H18ClN3. The van der Waals surface area contributed by atoms with Crippen molar-refractivity contribution >= 4 is 17.3 Å². The van der Waals surface area contributed by atoms with Crippen LogP contribution in [-0.2, 0) is 13.1 Å². The first-order chi connectivity index (χ1) is 9.74. The fourth-order valence-electron chi connectivity index (χ4n) is 2.64. The summed E-state index contributed by atoms with van der Waals surface area (Å²) < 4.78 is 0. The Kier molecular flexibility index (Phi) is 3.90. The number of aromatic nitrogens is 1. The molecular weight excluding hydrogens is 270 g/mol. The number of fused-ring (bicyclic) bond motifs is 1. The van der Waals surface area contributed by atoms with Crippen LogP contribution in [0, 0.1) is 0 Å². The van der Waals surface area contributed by atoms with Gasteiger partial charge in [-0.3, -0.25) is 0 Å². The quantitative estimate of drug-likeness (QED) is 0.860. The number of anilines is 1. The van der Waals surface area contributed by atoms with Gasteiger partial charge in [0.05, 0.1) is 0 Å². The second-order valence-electron chi connectivity index (χ2n) is 5.24. The average molecular weight is 288 g/mol. The highest BCUT2D eigenvalue weighted by Gasteiger charge is 2.19. The van der Waals surface area contributed by atoms with Crippen LogP contribution in [-0.4, -0.2) is 17.6 Å². The molecule has 0 aliphatic carbocycles. The summed E-state index contributed by atoms with van der Waals surface area (Å²) in [5, 5.41) is 4.13. The van der Waals surface area contributed by atoms with Crippen molar-refractivity contribution in [2.24, 2.45) is 0 Å². The van der Waals surface area contributed by atoms with Gasteiger partial charge in [0.15, 0.2) is 0 Å². The maximum Gasteiger partial charge on any atom is 0.133 e. The molecule has 1 aromatic carbocycles. The maximum atomic E-state index is 6.19. The van der Waals surface area contributed by atoms with E-state index in [1.54, 1.807) is 6.20 Å². The van der Waals surface area contributed by atoms with E-state index in [0.29, 0.717) is 11.2 Å². The number of hydrogen-bond acceptors (Lipinski definition) is 3. The van der Waals surface area contributed by atoms with E-state index < -0.39 is 0 Å². The molecule has 3 nitrogen and oxygen atoms in total. The van der Waals surface area contributed by atoms with Gasteiger partial charge in [-0.05, 0) is 24.6 Å². The van der Waals surface area contributed by atoms with Crippen LogP contribution in [0.15, 0.2) is 42.6 Å². The van der Waals surface area contributed by atoms with Crippen molar-refractivity contribution in [3.05, 3.63) is 58.9 Å². The highest BCUT2D eigenvalue weighted by Crippen LogP contribution is 2.26. The minimum absolute atomic E-state index is 0.442. The van der Waals surface area contributed by atoms with E-state index in [4.69, 9.17) is 11.6 Å². The molecule has 0 saturated heterocycles. The minimum Gasteiger partial charge on any atom is -0.365 e. The molecule has 0 bridgehead atoms. The van der Waals surface area contributed by atoms with Crippen molar-refractivity contribution in [2.75, 3.05) is 11.4 Å². The third-order valence-electron chi connectivity index (χ3n) is 3.67. The molecule has 0 radical (unpaired) electrons. The van der Waals surface area contributed by atoms with Gasteiger partial charge in [0, 0.05) is 43.1 Å². The topological polar surface area (TPSA) is 28.2 Å². The molecule has 2 aromatic rings. The fourth-order valence-corrected chi connectivity index (χ4v) is 2.82. The molecule has 0 spiro atoms. The first kappa shape index (κ1) is 13.4. The van der Waals surface area contributed by atoms with Crippen LogP contribution >= 0.6 is 11.6 Å². The summed E-state index contributed by atoms with van der Waals surface area (Å²) in [5.74, 6) is 0. The van der Waals surface area contributed by atoms with Gasteiger partial charge in [0.1, 0.15) is 5.15 Å². The zero-order valence-corrected chi connectivity index (χ0v) is 12.3. The Labute approximate surface area is 124 Å². The number of halogens is 1. The van der Waals surface area contributed by atoms with E-state index in [1.807, 2.05) is 12.1 Å². The van der Waals surface area contributed by atoms with Crippen molar-refractivity contribution < 1.29 is 0 Å². The SMILES string of the molecule is CC1CN(Cc2cccnc2Cl)c2ccccc2CN1. The lowest BCUT2D eigenvalue weighted by Gasteiger charge is -2.26. The van der Waals surface area contributed by atoms with Crippen LogP contribution in [0.2, 0.25) is 5.15 Å². The van der Waals surface area contributed by atoms with Gasteiger partial charge >= 0.3 is 0 Å². The summed E-state index contributed by atoms with van der Waals surface area (Å²) >= 11 is 6.19. The Morgan fingerprint density at radius 3 is 3.00 bits per heavy atom. The van der Waals surface area contributed by atoms with E-state index >= 15 is 0 Å². The Hall–Kier alpha value is -1.58. The standard InChI is InChI=1S/C16H18ClN3/c1-12-10-20(11-14-6-4-8-18-16(14)17)15-7-3-2-5-13(15)9-19-12/h2-8,12,19H,9-11H2,1H3. The van der Waals surface area contributed by atoms with E-state index in [9.17, 15) is 0 Å². The smallest absolute Gasteiger partial charge is 0.133 e. The number of nitrogens with zero attached hydrogens (tertiary/aromatic N) is 2. The van der Waals surface area contributed by atoms with E-state index in [1.165, 1.54) is 11.3 Å². The molecule has 20 heavy (non-hydrogen) atoms. The average Bonchev–Trinajstić information content (AvgIpc) is 2.62. The normalized spacial score (nSPS) is 18.5. The summed E-state index contributed by atoms with van der Waals surface area (Å²) in [5.41, 5.74) is 3.68. The third kappa shape index (κ3) is 2.79. The fraction of sp³-hybridized carbons (Fsp3) is 0.312. The molecule has 0 fully saturated rings. The van der Waals surface area contributed by atoms with Crippen LogP contribution in [0.5, 0.6) is 0 Å². The molecule has 104 valence electrons. The lowest BCUT2D eigenvalue weighted by molar-refractivity contribution is 0.552. The lowest BCUT2D eigenvalue weighted by Crippen LogP contribution is -2.35. The van der Waals surface area contributed by atoms with Gasteiger partial charge in [0.25, 0.3) is 0 Å². The molecule has 3 rings (SSSR count). The van der Waals surface area contributed by atoms with Crippen LogP contribution in [0.3, 0.4) is 0 Å². The molecule has 1 aromatic heterocycles. The zero-order valence-electron chi connectivity index (χ0n) is 11.5. The minimum atomic E-state index is 0.442. The largest absolute Gasteiger partial charge is 0.365 e. The van der Waals surface area contributed by atoms with Crippen LogP contribution < -0.4 is 10.2 Å². The summed E-state index contributed by atoms with van der Waals surface area (Å²) in [7, 11) is 0. The van der Waals surface area contributed by atoms with Crippen molar-refractivity contribution in [3.63, 3.8) is 0 Å². The van der Waals surface area contributed by atoms with E-state index in [-0.39, 0.29) is 0 Å². The number of pyridine rings is 1. The van der Waals surface area contributed by atoms with Crippen molar-refractivity contribution in [3.8, 4) is 0 Å². The third-order valence-corrected chi connectivity index (χ3v) is 4.01. The van der Waals surface area contributed by atoms with Crippen molar-refractivity contribution in [1.29, 1.82) is 0 Å². The highest BCUT2D eigenvalue weighted by molar-refractivity contribution is 6.30. The highest BCUT2D eigenvalue weighted by atomic mass is 35.5. The van der Waals surface area contributed by atoms with Gasteiger partial charge in [-0.15, -0.1) is 0 Å². The molecule has 1 unspecified atom stereocenters. The van der Waals surface area contributed by atoms with Gasteiger partial charge in [-0.1, -0.05) is 35.9 Å². The van der Waals surface area contributed by atoms with Crippen LogP contribution in [0.4, 0.5) is 5.69 Å². The number of rotatable bonds is 2. The number of para-hydroxylation sites is 1. The van der Waals surface area contributed by atoms with Gasteiger partial charge < -0.3 is 10.2 Å². The van der Waals surface area contributed by atoms with Crippen LogP contribution in [0.25, 0.3) is 0 Å². The molecule has 0 amide bonds. The number of benzene rings is 1. The first-order valence-corrected chi connectivity index (χ1v) is 7.27. The molecule has 1 aliphatic heterocycles. The first-order valence-electron chi connectivity index (χ1n) is 6.89. The van der Waals surface area contributed by atoms with Crippen molar-refractivity contribution in [2.45, 2.75) is 26.1 Å². The summed E-state index contributed by atoms with van der Waals surface area (Å²) in [6.45, 7) is 4.87. The summed E-state index contributed by atoms with van der Waals surface area (Å²) in [4.78, 5) is 6.54. The van der Waals surface area contributed by atoms with Gasteiger partial charge in [0.2, 0.25) is 0 Å². The van der Waals surface area contributed by atoms with Crippen molar-refractivity contribution in [1.82, 2.24) is 10.3 Å².